The number of ether oxygens (including phenoxy) is 3. The first kappa shape index (κ1) is 20.1. The maximum Gasteiger partial charge on any atom is 0.252 e. The van der Waals surface area contributed by atoms with E-state index in [0.29, 0.717) is 13.0 Å². The number of nitrogens with one attached hydrogen (secondary N) is 2. The lowest BCUT2D eigenvalue weighted by atomic mass is 10.0. The zero-order valence-corrected chi connectivity index (χ0v) is 14.9. The Bertz CT molecular complexity index is 485. The predicted octanol–water partition coefficient (Wildman–Crippen LogP) is -1.34. The molecule has 2 fully saturated rings. The molecule has 144 valence electrons. The minimum atomic E-state index is -1.36. The number of methoxy groups -OCH3 is 1. The van der Waals surface area contributed by atoms with Crippen LogP contribution in [0, 0.1) is 0 Å². The van der Waals surface area contributed by atoms with E-state index in [9.17, 15) is 19.8 Å². The molecule has 25 heavy (non-hydrogen) atoms. The van der Waals surface area contributed by atoms with Crippen molar-refractivity contribution in [1.29, 1.82) is 0 Å². The number of aliphatic hydroxyl groups is 2. The highest BCUT2D eigenvalue weighted by Gasteiger charge is 2.48. The molecule has 2 saturated heterocycles. The molecule has 9 nitrogen and oxygen atoms in total. The quantitative estimate of drug-likeness (QED) is 0.462. The van der Waals surface area contributed by atoms with Gasteiger partial charge in [0.05, 0.1) is 6.61 Å². The molecule has 2 rings (SSSR count). The first-order valence-corrected chi connectivity index (χ1v) is 8.54. The second-order valence-corrected chi connectivity index (χ2v) is 6.82. The normalized spacial score (nSPS) is 31.7. The third-order valence-corrected chi connectivity index (χ3v) is 4.41. The second kappa shape index (κ2) is 8.41. The average molecular weight is 360 g/mol. The third kappa shape index (κ3) is 4.89. The van der Waals surface area contributed by atoms with Crippen LogP contribution in [-0.2, 0) is 23.8 Å². The lowest BCUT2D eigenvalue weighted by Gasteiger charge is -2.28. The fraction of sp³-hybridized carbons (Fsp3) is 0.875. The molecule has 2 aliphatic rings. The van der Waals surface area contributed by atoms with Gasteiger partial charge >= 0.3 is 0 Å². The smallest absolute Gasteiger partial charge is 0.252 e. The Morgan fingerprint density at radius 2 is 2.16 bits per heavy atom. The van der Waals surface area contributed by atoms with E-state index in [1.807, 2.05) is 0 Å². The van der Waals surface area contributed by atoms with E-state index in [0.717, 1.165) is 12.8 Å². The summed E-state index contributed by atoms with van der Waals surface area (Å²) in [6.07, 6.45) is -2.14. The van der Waals surface area contributed by atoms with E-state index >= 15 is 0 Å². The van der Waals surface area contributed by atoms with Gasteiger partial charge in [0.25, 0.3) is 5.91 Å². The van der Waals surface area contributed by atoms with Gasteiger partial charge in [-0.3, -0.25) is 9.59 Å². The fourth-order valence-corrected chi connectivity index (χ4v) is 3.20. The van der Waals surface area contributed by atoms with E-state index < -0.39 is 42.2 Å². The topological polar surface area (TPSA) is 126 Å². The minimum Gasteiger partial charge on any atom is -0.394 e. The van der Waals surface area contributed by atoms with Crippen molar-refractivity contribution < 1.29 is 34.0 Å². The molecule has 0 aromatic heterocycles. The SMILES string of the molecule is CO[C@H](C(=O)N[C@H]1CCCCNC1=O)[C@H](O)[C@H]1OC(C)(C)O[C@@H]1CO. The Kier molecular flexibility index (Phi) is 6.75. The van der Waals surface area contributed by atoms with Crippen molar-refractivity contribution in [3.8, 4) is 0 Å². The second-order valence-electron chi connectivity index (χ2n) is 6.82. The summed E-state index contributed by atoms with van der Waals surface area (Å²) in [6.45, 7) is 3.52. The third-order valence-electron chi connectivity index (χ3n) is 4.41. The molecular formula is C16H28N2O7. The zero-order valence-electron chi connectivity index (χ0n) is 14.9. The Morgan fingerprint density at radius 1 is 1.44 bits per heavy atom. The van der Waals surface area contributed by atoms with Crippen molar-refractivity contribution in [2.24, 2.45) is 0 Å². The van der Waals surface area contributed by atoms with Crippen LogP contribution in [0.4, 0.5) is 0 Å². The van der Waals surface area contributed by atoms with Crippen LogP contribution < -0.4 is 10.6 Å². The summed E-state index contributed by atoms with van der Waals surface area (Å²) in [4.78, 5) is 24.5. The highest BCUT2D eigenvalue weighted by molar-refractivity contribution is 5.89. The van der Waals surface area contributed by atoms with Crippen molar-refractivity contribution in [3.05, 3.63) is 0 Å². The highest BCUT2D eigenvalue weighted by atomic mass is 16.8. The summed E-state index contributed by atoms with van der Waals surface area (Å²) in [7, 11) is 1.29. The molecule has 0 spiro atoms. The van der Waals surface area contributed by atoms with Gasteiger partial charge in [-0.1, -0.05) is 0 Å². The van der Waals surface area contributed by atoms with Gasteiger partial charge in [-0.15, -0.1) is 0 Å². The van der Waals surface area contributed by atoms with Gasteiger partial charge in [0.2, 0.25) is 5.91 Å². The lowest BCUT2D eigenvalue weighted by molar-refractivity contribution is -0.170. The first-order chi connectivity index (χ1) is 11.8. The van der Waals surface area contributed by atoms with Gasteiger partial charge in [-0.2, -0.15) is 0 Å². The molecule has 0 bridgehead atoms. The Morgan fingerprint density at radius 3 is 2.80 bits per heavy atom. The van der Waals surface area contributed by atoms with Gasteiger partial charge in [-0.25, -0.2) is 0 Å². The summed E-state index contributed by atoms with van der Waals surface area (Å²) in [6, 6.07) is -0.661. The number of amides is 2. The minimum absolute atomic E-state index is 0.245. The van der Waals surface area contributed by atoms with Crippen LogP contribution in [0.15, 0.2) is 0 Å². The monoisotopic (exact) mass is 360 g/mol. The van der Waals surface area contributed by atoms with E-state index in [-0.39, 0.29) is 12.5 Å². The van der Waals surface area contributed by atoms with Gasteiger partial charge < -0.3 is 35.1 Å². The van der Waals surface area contributed by atoms with Gasteiger partial charge in [0.1, 0.15) is 24.4 Å². The standard InChI is InChI=1S/C16H28N2O7/c1-16(2)24-10(8-19)12(25-16)11(20)13(23-3)15(22)18-9-6-4-5-7-17-14(9)21/h9-13,19-20H,4-8H2,1-3H3,(H,17,21)(H,18,22)/t9-,10+,11+,12-,13-/m0/s1. The summed E-state index contributed by atoms with van der Waals surface area (Å²) in [5.41, 5.74) is 0. The molecule has 2 heterocycles. The molecule has 5 atom stereocenters. The van der Waals surface area contributed by atoms with Crippen LogP contribution in [0.2, 0.25) is 0 Å². The van der Waals surface area contributed by atoms with Crippen LogP contribution in [0.5, 0.6) is 0 Å². The lowest BCUT2D eigenvalue weighted by Crippen LogP contribution is -2.55. The Labute approximate surface area is 147 Å². The number of carbonyl (C=O) groups excluding carboxylic acids is 2. The van der Waals surface area contributed by atoms with E-state index in [1.165, 1.54) is 7.11 Å². The van der Waals surface area contributed by atoms with Gasteiger partial charge in [0, 0.05) is 13.7 Å². The highest BCUT2D eigenvalue weighted by Crippen LogP contribution is 2.31. The number of carbonyl (C=O) groups is 2. The van der Waals surface area contributed by atoms with Gasteiger partial charge in [-0.05, 0) is 33.1 Å². The Hall–Kier alpha value is -1.26. The summed E-state index contributed by atoms with van der Waals surface area (Å²) < 4.78 is 16.3. The maximum absolute atomic E-state index is 12.5. The molecule has 0 saturated carbocycles. The number of rotatable bonds is 6. The van der Waals surface area contributed by atoms with Crippen molar-refractivity contribution >= 4 is 11.8 Å². The average Bonchev–Trinajstić information content (AvgIpc) is 2.74. The number of aliphatic hydroxyl groups excluding tert-OH is 2. The molecule has 9 heteroatoms. The van der Waals surface area contributed by atoms with Crippen LogP contribution in [0.25, 0.3) is 0 Å². The zero-order chi connectivity index (χ0) is 18.6. The molecule has 2 amide bonds. The number of hydrogen-bond acceptors (Lipinski definition) is 7. The fourth-order valence-electron chi connectivity index (χ4n) is 3.20. The maximum atomic E-state index is 12.5. The largest absolute Gasteiger partial charge is 0.394 e. The van der Waals surface area contributed by atoms with Gasteiger partial charge in [0.15, 0.2) is 11.9 Å². The van der Waals surface area contributed by atoms with Crippen LogP contribution >= 0.6 is 0 Å². The summed E-state index contributed by atoms with van der Waals surface area (Å²) >= 11 is 0. The number of hydrogen-bond donors (Lipinski definition) is 4. The summed E-state index contributed by atoms with van der Waals surface area (Å²) in [5, 5.41) is 25.3. The van der Waals surface area contributed by atoms with Crippen molar-refractivity contribution in [3.63, 3.8) is 0 Å². The van der Waals surface area contributed by atoms with E-state index in [4.69, 9.17) is 14.2 Å². The van der Waals surface area contributed by atoms with Crippen molar-refractivity contribution in [2.45, 2.75) is 69.4 Å². The molecule has 0 aromatic rings. The Balaban J connectivity index is 2.04. The first-order valence-electron chi connectivity index (χ1n) is 8.54. The molecule has 4 N–H and O–H groups in total. The van der Waals surface area contributed by atoms with Crippen molar-refractivity contribution in [2.75, 3.05) is 20.3 Å². The van der Waals surface area contributed by atoms with Crippen LogP contribution in [0.1, 0.15) is 33.1 Å². The molecule has 0 aromatic carbocycles. The molecule has 0 aliphatic carbocycles. The van der Waals surface area contributed by atoms with Crippen LogP contribution in [0.3, 0.4) is 0 Å². The summed E-state index contributed by atoms with van der Waals surface area (Å²) in [5.74, 6) is -1.85. The van der Waals surface area contributed by atoms with Crippen LogP contribution in [-0.4, -0.2) is 78.5 Å². The molecule has 2 aliphatic heterocycles. The van der Waals surface area contributed by atoms with E-state index in [1.54, 1.807) is 13.8 Å². The molecular weight excluding hydrogens is 332 g/mol. The molecule has 0 radical (unpaired) electrons. The van der Waals surface area contributed by atoms with Crippen molar-refractivity contribution in [1.82, 2.24) is 10.6 Å². The van der Waals surface area contributed by atoms with E-state index in [2.05, 4.69) is 10.6 Å². The molecule has 0 unspecified atom stereocenters. The predicted molar refractivity (Wildman–Crippen MR) is 86.5 cm³/mol.